The van der Waals surface area contributed by atoms with E-state index in [1.165, 1.54) is 97.2 Å². The van der Waals surface area contributed by atoms with Crippen LogP contribution in [-0.2, 0) is 6.42 Å². The van der Waals surface area contributed by atoms with E-state index in [2.05, 4.69) is 86.7 Å². The van der Waals surface area contributed by atoms with Crippen molar-refractivity contribution in [2.45, 2.75) is 84.0 Å². The van der Waals surface area contributed by atoms with Crippen LogP contribution < -0.4 is 0 Å². The molecule has 0 atom stereocenters. The van der Waals surface area contributed by atoms with E-state index in [1.807, 2.05) is 0 Å². The maximum atomic E-state index is 2.39. The first-order valence-electron chi connectivity index (χ1n) is 13.0. The van der Waals surface area contributed by atoms with E-state index < -0.39 is 0 Å². The second-order valence-electron chi connectivity index (χ2n) is 9.84. The third-order valence-corrected chi connectivity index (χ3v) is 7.51. The van der Waals surface area contributed by atoms with Gasteiger partial charge in [-0.3, -0.25) is 0 Å². The summed E-state index contributed by atoms with van der Waals surface area (Å²) < 4.78 is 0. The van der Waals surface area contributed by atoms with Gasteiger partial charge in [0.15, 0.2) is 0 Å². The fourth-order valence-corrected chi connectivity index (χ4v) is 5.44. The standard InChI is InChI=1S/C32H40/c1-3-5-7-9-25-11-14-27(15-12-25)28-17-19-29(20-18-28)31-22-21-30-23-26(10-8-6-4-2)13-16-32(30)24-31/h3,5,13,16-25,27H,4,6-12,14-15H2,1-2H3/b5-3+. The zero-order valence-electron chi connectivity index (χ0n) is 20.2. The lowest BCUT2D eigenvalue weighted by molar-refractivity contribution is 0.312. The van der Waals surface area contributed by atoms with E-state index in [9.17, 15) is 0 Å². The van der Waals surface area contributed by atoms with Crippen LogP contribution >= 0.6 is 0 Å². The van der Waals surface area contributed by atoms with Gasteiger partial charge in [0.25, 0.3) is 0 Å². The van der Waals surface area contributed by atoms with Crippen LogP contribution in [0.1, 0.15) is 88.7 Å². The lowest BCUT2D eigenvalue weighted by Gasteiger charge is -2.28. The Morgan fingerprint density at radius 2 is 1.50 bits per heavy atom. The van der Waals surface area contributed by atoms with Crippen LogP contribution in [0.4, 0.5) is 0 Å². The summed E-state index contributed by atoms with van der Waals surface area (Å²) in [6.07, 6.45) is 17.8. The predicted octanol–water partition coefficient (Wildman–Crippen LogP) is 9.87. The largest absolute Gasteiger partial charge is 0.0917 e. The van der Waals surface area contributed by atoms with Gasteiger partial charge in [-0.05, 0) is 109 Å². The molecule has 0 heteroatoms. The molecule has 0 heterocycles. The maximum Gasteiger partial charge on any atom is -0.0162 e. The number of allylic oxidation sites excluding steroid dienone is 2. The highest BCUT2D eigenvalue weighted by Crippen LogP contribution is 2.38. The van der Waals surface area contributed by atoms with Crippen molar-refractivity contribution >= 4 is 10.8 Å². The fraction of sp³-hybridized carbons (Fsp3) is 0.438. The summed E-state index contributed by atoms with van der Waals surface area (Å²) in [5.41, 5.74) is 5.68. The molecule has 4 rings (SSSR count). The number of hydrogen-bond acceptors (Lipinski definition) is 0. The Labute approximate surface area is 195 Å². The Bertz CT molecular complexity index is 1000. The van der Waals surface area contributed by atoms with E-state index in [0.717, 1.165) is 11.8 Å². The minimum atomic E-state index is 0.754. The molecule has 32 heavy (non-hydrogen) atoms. The monoisotopic (exact) mass is 424 g/mol. The SMILES string of the molecule is C/C=C/CCC1CCC(c2ccc(-c3ccc4cc(CCCCC)ccc4c3)cc2)CC1. The predicted molar refractivity (Wildman–Crippen MR) is 141 cm³/mol. The number of unbranched alkanes of at least 4 members (excludes halogenated alkanes) is 2. The van der Waals surface area contributed by atoms with E-state index >= 15 is 0 Å². The Morgan fingerprint density at radius 3 is 2.25 bits per heavy atom. The number of benzene rings is 3. The van der Waals surface area contributed by atoms with E-state index in [0.29, 0.717) is 0 Å². The molecule has 3 aromatic rings. The highest BCUT2D eigenvalue weighted by atomic mass is 14.3. The van der Waals surface area contributed by atoms with Gasteiger partial charge in [-0.25, -0.2) is 0 Å². The van der Waals surface area contributed by atoms with Crippen LogP contribution in [0, 0.1) is 5.92 Å². The van der Waals surface area contributed by atoms with E-state index in [4.69, 9.17) is 0 Å². The number of hydrogen-bond donors (Lipinski definition) is 0. The van der Waals surface area contributed by atoms with Crippen LogP contribution in [0.3, 0.4) is 0 Å². The molecular weight excluding hydrogens is 384 g/mol. The van der Waals surface area contributed by atoms with Crippen molar-refractivity contribution < 1.29 is 0 Å². The molecule has 0 nitrogen and oxygen atoms in total. The Morgan fingerprint density at radius 1 is 0.781 bits per heavy atom. The van der Waals surface area contributed by atoms with Crippen LogP contribution in [-0.4, -0.2) is 0 Å². The zero-order chi connectivity index (χ0) is 22.2. The molecule has 0 radical (unpaired) electrons. The highest BCUT2D eigenvalue weighted by Gasteiger charge is 2.21. The minimum absolute atomic E-state index is 0.754. The fourth-order valence-electron chi connectivity index (χ4n) is 5.44. The van der Waals surface area contributed by atoms with Crippen molar-refractivity contribution in [2.24, 2.45) is 5.92 Å². The molecular formula is C32H40. The van der Waals surface area contributed by atoms with Gasteiger partial charge in [0.2, 0.25) is 0 Å². The topological polar surface area (TPSA) is 0 Å². The van der Waals surface area contributed by atoms with Gasteiger partial charge in [-0.2, -0.15) is 0 Å². The zero-order valence-corrected chi connectivity index (χ0v) is 20.2. The van der Waals surface area contributed by atoms with Gasteiger partial charge in [0.1, 0.15) is 0 Å². The first-order valence-corrected chi connectivity index (χ1v) is 13.0. The Hall–Kier alpha value is -2.34. The average molecular weight is 425 g/mol. The summed E-state index contributed by atoms with van der Waals surface area (Å²) in [5.74, 6) is 1.69. The molecule has 168 valence electrons. The summed E-state index contributed by atoms with van der Waals surface area (Å²) in [5, 5.41) is 2.72. The van der Waals surface area contributed by atoms with Crippen LogP contribution in [0.2, 0.25) is 0 Å². The van der Waals surface area contributed by atoms with Gasteiger partial charge < -0.3 is 0 Å². The molecule has 1 aliphatic rings. The van der Waals surface area contributed by atoms with Crippen molar-refractivity contribution in [3.8, 4) is 11.1 Å². The molecule has 0 aliphatic heterocycles. The normalized spacial score (nSPS) is 19.1. The first-order chi connectivity index (χ1) is 15.8. The lowest BCUT2D eigenvalue weighted by atomic mass is 9.77. The van der Waals surface area contributed by atoms with Gasteiger partial charge in [-0.15, -0.1) is 0 Å². The number of rotatable bonds is 9. The smallest absolute Gasteiger partial charge is 0.0162 e. The third-order valence-electron chi connectivity index (χ3n) is 7.51. The van der Waals surface area contributed by atoms with Gasteiger partial charge in [0.05, 0.1) is 0 Å². The lowest BCUT2D eigenvalue weighted by Crippen LogP contribution is -2.13. The van der Waals surface area contributed by atoms with Crippen LogP contribution in [0.5, 0.6) is 0 Å². The van der Waals surface area contributed by atoms with Crippen molar-refractivity contribution in [3.05, 3.63) is 83.9 Å². The number of fused-ring (bicyclic) bond motifs is 1. The Balaban J connectivity index is 1.38. The second kappa shape index (κ2) is 11.5. The molecule has 1 saturated carbocycles. The molecule has 0 spiro atoms. The molecule has 1 fully saturated rings. The third kappa shape index (κ3) is 5.91. The van der Waals surface area contributed by atoms with E-state index in [-0.39, 0.29) is 0 Å². The van der Waals surface area contributed by atoms with Crippen LogP contribution in [0.25, 0.3) is 21.9 Å². The molecule has 1 aliphatic carbocycles. The van der Waals surface area contributed by atoms with Crippen LogP contribution in [0.15, 0.2) is 72.8 Å². The first kappa shape index (κ1) is 22.8. The summed E-state index contributed by atoms with van der Waals surface area (Å²) in [4.78, 5) is 0. The molecule has 0 N–H and O–H groups in total. The van der Waals surface area contributed by atoms with Gasteiger partial charge in [-0.1, -0.05) is 86.5 Å². The second-order valence-corrected chi connectivity index (χ2v) is 9.84. The maximum absolute atomic E-state index is 2.39. The van der Waals surface area contributed by atoms with Gasteiger partial charge >= 0.3 is 0 Å². The summed E-state index contributed by atoms with van der Waals surface area (Å²) in [6, 6.07) is 23.4. The number of aryl methyl sites for hydroxylation is 1. The van der Waals surface area contributed by atoms with Crippen molar-refractivity contribution in [1.29, 1.82) is 0 Å². The Kier molecular flexibility index (Phi) is 8.21. The molecule has 3 aromatic carbocycles. The molecule has 0 saturated heterocycles. The van der Waals surface area contributed by atoms with Crippen molar-refractivity contribution in [2.75, 3.05) is 0 Å². The highest BCUT2D eigenvalue weighted by molar-refractivity contribution is 5.87. The summed E-state index contributed by atoms with van der Waals surface area (Å²) in [7, 11) is 0. The summed E-state index contributed by atoms with van der Waals surface area (Å²) >= 11 is 0. The van der Waals surface area contributed by atoms with E-state index in [1.54, 1.807) is 0 Å². The average Bonchev–Trinajstić information content (AvgIpc) is 2.85. The molecule has 0 aromatic heterocycles. The summed E-state index contributed by atoms with van der Waals surface area (Å²) in [6.45, 7) is 4.40. The van der Waals surface area contributed by atoms with Gasteiger partial charge in [0, 0.05) is 0 Å². The quantitative estimate of drug-likeness (QED) is 0.237. The molecule has 0 bridgehead atoms. The van der Waals surface area contributed by atoms with Crippen molar-refractivity contribution in [3.63, 3.8) is 0 Å². The molecule has 0 unspecified atom stereocenters. The minimum Gasteiger partial charge on any atom is -0.0917 e. The van der Waals surface area contributed by atoms with Crippen molar-refractivity contribution in [1.82, 2.24) is 0 Å². The molecule has 0 amide bonds.